The largest absolute Gasteiger partial charge is 0.326 e. The van der Waals surface area contributed by atoms with Crippen molar-refractivity contribution in [1.29, 1.82) is 0 Å². The summed E-state index contributed by atoms with van der Waals surface area (Å²) in [7, 11) is 0. The zero-order valence-corrected chi connectivity index (χ0v) is 17.3. The number of rotatable bonds is 5. The van der Waals surface area contributed by atoms with E-state index in [-0.39, 0.29) is 11.8 Å². The molecule has 0 bridgehead atoms. The zero-order chi connectivity index (χ0) is 20.2. The van der Waals surface area contributed by atoms with Crippen molar-refractivity contribution in [2.45, 2.75) is 41.0 Å². The normalized spacial score (nSPS) is 11.8. The summed E-state index contributed by atoms with van der Waals surface area (Å²) in [6.07, 6.45) is 0.527. The van der Waals surface area contributed by atoms with Gasteiger partial charge in [0.05, 0.1) is 0 Å². The van der Waals surface area contributed by atoms with Gasteiger partial charge in [-0.05, 0) is 36.2 Å². The van der Waals surface area contributed by atoms with E-state index in [2.05, 4.69) is 10.6 Å². The van der Waals surface area contributed by atoms with Crippen molar-refractivity contribution in [3.8, 4) is 0 Å². The fourth-order valence-electron chi connectivity index (χ4n) is 2.49. The van der Waals surface area contributed by atoms with Gasteiger partial charge in [0.2, 0.25) is 11.8 Å². The molecule has 2 aromatic carbocycles. The highest BCUT2D eigenvalue weighted by atomic mass is 35.5. The first-order chi connectivity index (χ1) is 12.5. The van der Waals surface area contributed by atoms with Gasteiger partial charge in [-0.1, -0.05) is 70.5 Å². The molecule has 0 radical (unpaired) electrons. The summed E-state index contributed by atoms with van der Waals surface area (Å²) in [6, 6.07) is 14.7. The fourth-order valence-corrected chi connectivity index (χ4v) is 2.69. The van der Waals surface area contributed by atoms with Crippen molar-refractivity contribution >= 4 is 34.8 Å². The maximum Gasteiger partial charge on any atom is 0.230 e. The Labute approximate surface area is 166 Å². The summed E-state index contributed by atoms with van der Waals surface area (Å²) in [6.45, 7) is 9.33. The number of hydrogen-bond donors (Lipinski definition) is 2. The number of benzene rings is 2. The average Bonchev–Trinajstić information content (AvgIpc) is 2.56. The fraction of sp³-hybridized carbons (Fsp3) is 0.364. The van der Waals surface area contributed by atoms with Gasteiger partial charge in [-0.25, -0.2) is 0 Å². The Morgan fingerprint density at radius 2 is 1.41 bits per heavy atom. The third-order valence-corrected chi connectivity index (χ3v) is 4.63. The Morgan fingerprint density at radius 3 is 1.96 bits per heavy atom. The van der Waals surface area contributed by atoms with Crippen molar-refractivity contribution in [2.24, 2.45) is 10.8 Å². The molecule has 0 aliphatic carbocycles. The van der Waals surface area contributed by atoms with Crippen LogP contribution in [-0.4, -0.2) is 11.8 Å². The van der Waals surface area contributed by atoms with Crippen LogP contribution in [0.1, 0.15) is 40.2 Å². The van der Waals surface area contributed by atoms with Gasteiger partial charge < -0.3 is 10.6 Å². The predicted octanol–water partition coefficient (Wildman–Crippen LogP) is 5.53. The Balaban J connectivity index is 2.09. The molecule has 0 fully saturated rings. The smallest absolute Gasteiger partial charge is 0.230 e. The van der Waals surface area contributed by atoms with Gasteiger partial charge in [0, 0.05) is 27.2 Å². The van der Waals surface area contributed by atoms with Gasteiger partial charge in [-0.15, -0.1) is 0 Å². The van der Waals surface area contributed by atoms with Crippen LogP contribution in [0.25, 0.3) is 0 Å². The highest BCUT2D eigenvalue weighted by Gasteiger charge is 2.29. The number of carbonyl (C=O) groups is 2. The number of amides is 2. The van der Waals surface area contributed by atoms with Gasteiger partial charge >= 0.3 is 0 Å². The van der Waals surface area contributed by atoms with Gasteiger partial charge in [-0.2, -0.15) is 0 Å². The Morgan fingerprint density at radius 1 is 0.852 bits per heavy atom. The number of carbonyl (C=O) groups excluding carboxylic acids is 2. The molecule has 0 aliphatic heterocycles. The maximum atomic E-state index is 12.8. The molecule has 0 aromatic heterocycles. The van der Waals surface area contributed by atoms with Crippen LogP contribution in [0.15, 0.2) is 48.5 Å². The van der Waals surface area contributed by atoms with Gasteiger partial charge in [0.15, 0.2) is 0 Å². The Bertz CT molecular complexity index is 838. The number of anilines is 2. The molecule has 2 amide bonds. The van der Waals surface area contributed by atoms with E-state index in [0.29, 0.717) is 22.8 Å². The second-order valence-electron chi connectivity index (χ2n) is 8.39. The molecule has 0 saturated carbocycles. The first kappa shape index (κ1) is 21.0. The standard InChI is InChI=1S/C22H27ClN2O2/c1-21(2,3)19(26)24-16-10-8-11-17(13-16)25-20(27)22(4,5)14-15-9-6-7-12-18(15)23/h6-13H,14H2,1-5H3,(H,24,26)(H,25,27). The highest BCUT2D eigenvalue weighted by Crippen LogP contribution is 2.28. The van der Waals surface area contributed by atoms with E-state index in [1.807, 2.05) is 58.9 Å². The average molecular weight is 387 g/mol. The third kappa shape index (κ3) is 5.83. The zero-order valence-electron chi connectivity index (χ0n) is 16.5. The monoisotopic (exact) mass is 386 g/mol. The predicted molar refractivity (Wildman–Crippen MR) is 112 cm³/mol. The summed E-state index contributed by atoms with van der Waals surface area (Å²) in [5, 5.41) is 6.47. The highest BCUT2D eigenvalue weighted by molar-refractivity contribution is 6.31. The van der Waals surface area contributed by atoms with Crippen LogP contribution in [0, 0.1) is 10.8 Å². The molecular formula is C22H27ClN2O2. The van der Waals surface area contributed by atoms with Gasteiger partial charge in [0.25, 0.3) is 0 Å². The van der Waals surface area contributed by atoms with Crippen molar-refractivity contribution in [2.75, 3.05) is 10.6 Å². The second kappa shape index (κ2) is 8.13. The molecule has 0 atom stereocenters. The quantitative estimate of drug-likeness (QED) is 0.709. The number of halogens is 1. The van der Waals surface area contributed by atoms with E-state index in [0.717, 1.165) is 5.56 Å². The SMILES string of the molecule is CC(C)(C)C(=O)Nc1cccc(NC(=O)C(C)(C)Cc2ccccc2Cl)c1. The minimum absolute atomic E-state index is 0.0787. The van der Waals surface area contributed by atoms with E-state index in [4.69, 9.17) is 11.6 Å². The molecule has 0 spiro atoms. The molecule has 2 aromatic rings. The van der Waals surface area contributed by atoms with E-state index in [1.54, 1.807) is 24.3 Å². The van der Waals surface area contributed by atoms with Crippen molar-refractivity contribution in [3.05, 3.63) is 59.1 Å². The van der Waals surface area contributed by atoms with E-state index in [9.17, 15) is 9.59 Å². The van der Waals surface area contributed by atoms with Gasteiger partial charge in [0.1, 0.15) is 0 Å². The summed E-state index contributed by atoms with van der Waals surface area (Å²) < 4.78 is 0. The molecular weight excluding hydrogens is 360 g/mol. The molecule has 27 heavy (non-hydrogen) atoms. The van der Waals surface area contributed by atoms with E-state index in [1.165, 1.54) is 0 Å². The topological polar surface area (TPSA) is 58.2 Å². The van der Waals surface area contributed by atoms with Crippen LogP contribution in [-0.2, 0) is 16.0 Å². The number of nitrogens with one attached hydrogen (secondary N) is 2. The summed E-state index contributed by atoms with van der Waals surface area (Å²) >= 11 is 6.23. The van der Waals surface area contributed by atoms with Crippen LogP contribution in [0.2, 0.25) is 5.02 Å². The molecule has 0 unspecified atom stereocenters. The Kier molecular flexibility index (Phi) is 6.32. The lowest BCUT2D eigenvalue weighted by atomic mass is 9.84. The lowest BCUT2D eigenvalue weighted by Crippen LogP contribution is -2.33. The van der Waals surface area contributed by atoms with Crippen LogP contribution in [0.4, 0.5) is 11.4 Å². The van der Waals surface area contributed by atoms with Crippen molar-refractivity contribution in [3.63, 3.8) is 0 Å². The molecule has 5 heteroatoms. The van der Waals surface area contributed by atoms with Gasteiger partial charge in [-0.3, -0.25) is 9.59 Å². The minimum Gasteiger partial charge on any atom is -0.326 e. The summed E-state index contributed by atoms with van der Waals surface area (Å²) in [5.41, 5.74) is 1.09. The number of hydrogen-bond acceptors (Lipinski definition) is 2. The second-order valence-corrected chi connectivity index (χ2v) is 8.80. The lowest BCUT2D eigenvalue weighted by molar-refractivity contribution is -0.124. The van der Waals surface area contributed by atoms with Crippen LogP contribution >= 0.6 is 11.6 Å². The minimum atomic E-state index is -0.643. The first-order valence-corrected chi connectivity index (χ1v) is 9.33. The summed E-state index contributed by atoms with van der Waals surface area (Å²) in [5.74, 6) is -0.188. The Hall–Kier alpha value is -2.33. The first-order valence-electron chi connectivity index (χ1n) is 8.95. The molecule has 0 aliphatic rings. The maximum absolute atomic E-state index is 12.8. The van der Waals surface area contributed by atoms with E-state index >= 15 is 0 Å². The summed E-state index contributed by atoms with van der Waals surface area (Å²) in [4.78, 5) is 25.0. The van der Waals surface area contributed by atoms with Crippen molar-refractivity contribution < 1.29 is 9.59 Å². The molecule has 2 N–H and O–H groups in total. The van der Waals surface area contributed by atoms with Crippen molar-refractivity contribution in [1.82, 2.24) is 0 Å². The third-order valence-electron chi connectivity index (χ3n) is 4.26. The van der Waals surface area contributed by atoms with E-state index < -0.39 is 10.8 Å². The lowest BCUT2D eigenvalue weighted by Gasteiger charge is -2.24. The molecule has 0 saturated heterocycles. The van der Waals surface area contributed by atoms with Crippen LogP contribution in [0.3, 0.4) is 0 Å². The molecule has 144 valence electrons. The molecule has 4 nitrogen and oxygen atoms in total. The van der Waals surface area contributed by atoms with Crippen LogP contribution in [0.5, 0.6) is 0 Å². The molecule has 0 heterocycles. The van der Waals surface area contributed by atoms with Crippen LogP contribution < -0.4 is 10.6 Å². The molecule has 2 rings (SSSR count).